The Balaban J connectivity index is 2.12. The molecule has 0 aromatic heterocycles. The normalized spacial score (nSPS) is 17.5. The second-order valence-electron chi connectivity index (χ2n) is 5.68. The van der Waals surface area contributed by atoms with Crippen LogP contribution in [0.2, 0.25) is 0 Å². The van der Waals surface area contributed by atoms with Crippen LogP contribution in [0.3, 0.4) is 0 Å². The minimum absolute atomic E-state index is 0.0184. The highest BCUT2D eigenvalue weighted by Gasteiger charge is 2.31. The van der Waals surface area contributed by atoms with E-state index in [1.54, 1.807) is 30.1 Å². The highest BCUT2D eigenvalue weighted by atomic mass is 79.9. The van der Waals surface area contributed by atoms with E-state index in [1.165, 1.54) is 11.2 Å². The van der Waals surface area contributed by atoms with Crippen LogP contribution in [-0.2, 0) is 14.8 Å². The molecule has 0 N–H and O–H groups in total. The SMILES string of the molecule is CC(=O)N(C)C1CCN(S(=O)(=O)c2ccc(Br)c(C)c2)CC1. The number of rotatable bonds is 3. The van der Waals surface area contributed by atoms with Crippen molar-refractivity contribution in [2.75, 3.05) is 20.1 Å². The van der Waals surface area contributed by atoms with Gasteiger partial charge in [0.15, 0.2) is 0 Å². The van der Waals surface area contributed by atoms with Crippen LogP contribution in [0.4, 0.5) is 0 Å². The quantitative estimate of drug-likeness (QED) is 0.798. The van der Waals surface area contributed by atoms with Gasteiger partial charge >= 0.3 is 0 Å². The average Bonchev–Trinajstić information content (AvgIpc) is 2.49. The Morgan fingerprint density at radius 2 is 1.91 bits per heavy atom. The average molecular weight is 389 g/mol. The van der Waals surface area contributed by atoms with Gasteiger partial charge in [-0.15, -0.1) is 0 Å². The summed E-state index contributed by atoms with van der Waals surface area (Å²) in [6, 6.07) is 5.20. The number of carbonyl (C=O) groups is 1. The summed E-state index contributed by atoms with van der Waals surface area (Å²) in [6.07, 6.45) is 1.34. The first-order chi connectivity index (χ1) is 10.2. The zero-order valence-electron chi connectivity index (χ0n) is 13.0. The fourth-order valence-electron chi connectivity index (χ4n) is 2.65. The molecule has 22 heavy (non-hydrogen) atoms. The largest absolute Gasteiger partial charge is 0.343 e. The molecule has 2 rings (SSSR count). The monoisotopic (exact) mass is 388 g/mol. The Kier molecular flexibility index (Phi) is 5.29. The van der Waals surface area contributed by atoms with Gasteiger partial charge in [0.05, 0.1) is 4.90 Å². The molecular formula is C15H21BrN2O3S. The van der Waals surface area contributed by atoms with Gasteiger partial charge in [0.25, 0.3) is 0 Å². The summed E-state index contributed by atoms with van der Waals surface area (Å²) in [5, 5.41) is 0. The topological polar surface area (TPSA) is 57.7 Å². The number of benzene rings is 1. The Morgan fingerprint density at radius 3 is 2.41 bits per heavy atom. The smallest absolute Gasteiger partial charge is 0.243 e. The fraction of sp³-hybridized carbons (Fsp3) is 0.533. The van der Waals surface area contributed by atoms with E-state index in [0.717, 1.165) is 10.0 Å². The lowest BCUT2D eigenvalue weighted by Crippen LogP contribution is -2.46. The van der Waals surface area contributed by atoms with Crippen LogP contribution in [-0.4, -0.2) is 49.7 Å². The maximum absolute atomic E-state index is 12.7. The number of hydrogen-bond acceptors (Lipinski definition) is 3. The number of carbonyl (C=O) groups excluding carboxylic acids is 1. The van der Waals surface area contributed by atoms with Crippen molar-refractivity contribution in [1.29, 1.82) is 0 Å². The van der Waals surface area contributed by atoms with E-state index in [9.17, 15) is 13.2 Å². The molecular weight excluding hydrogens is 368 g/mol. The number of nitrogens with zero attached hydrogens (tertiary/aromatic N) is 2. The Hall–Kier alpha value is -0.920. The van der Waals surface area contributed by atoms with Gasteiger partial charge in [-0.2, -0.15) is 4.31 Å². The molecule has 1 fully saturated rings. The van der Waals surface area contributed by atoms with Crippen molar-refractivity contribution >= 4 is 31.9 Å². The first kappa shape index (κ1) is 17.4. The van der Waals surface area contributed by atoms with E-state index in [1.807, 2.05) is 6.92 Å². The van der Waals surface area contributed by atoms with E-state index in [0.29, 0.717) is 30.8 Å². The molecule has 1 saturated heterocycles. The molecule has 1 amide bonds. The standard InChI is InChI=1S/C15H21BrN2O3S/c1-11-10-14(4-5-15(11)16)22(20,21)18-8-6-13(7-9-18)17(3)12(2)19/h4-5,10,13H,6-9H2,1-3H3. The molecule has 0 saturated carbocycles. The zero-order chi connectivity index (χ0) is 16.5. The molecule has 0 bridgehead atoms. The van der Waals surface area contributed by atoms with Crippen LogP contribution < -0.4 is 0 Å². The third kappa shape index (κ3) is 3.52. The van der Waals surface area contributed by atoms with E-state index < -0.39 is 10.0 Å². The highest BCUT2D eigenvalue weighted by Crippen LogP contribution is 2.25. The molecule has 0 atom stereocenters. The second-order valence-corrected chi connectivity index (χ2v) is 8.47. The van der Waals surface area contributed by atoms with Gasteiger partial charge in [-0.25, -0.2) is 8.42 Å². The third-order valence-corrected chi connectivity index (χ3v) is 7.02. The summed E-state index contributed by atoms with van der Waals surface area (Å²) in [7, 11) is -1.69. The van der Waals surface area contributed by atoms with E-state index >= 15 is 0 Å². The van der Waals surface area contributed by atoms with Crippen molar-refractivity contribution in [2.45, 2.75) is 37.6 Å². The number of piperidine rings is 1. The number of halogens is 1. The molecule has 7 heteroatoms. The molecule has 1 aromatic carbocycles. The predicted octanol–water partition coefficient (Wildman–Crippen LogP) is 2.39. The first-order valence-electron chi connectivity index (χ1n) is 7.23. The van der Waals surface area contributed by atoms with Crippen molar-refractivity contribution in [3.05, 3.63) is 28.2 Å². The summed E-state index contributed by atoms with van der Waals surface area (Å²) in [5.74, 6) is 0.0184. The minimum atomic E-state index is -3.46. The van der Waals surface area contributed by atoms with Crippen molar-refractivity contribution in [3.63, 3.8) is 0 Å². The first-order valence-corrected chi connectivity index (χ1v) is 9.46. The Labute approximate surface area is 140 Å². The van der Waals surface area contributed by atoms with E-state index in [-0.39, 0.29) is 11.9 Å². The van der Waals surface area contributed by atoms with Crippen molar-refractivity contribution in [3.8, 4) is 0 Å². The molecule has 1 aliphatic heterocycles. The lowest BCUT2D eigenvalue weighted by molar-refractivity contribution is -0.130. The fourth-order valence-corrected chi connectivity index (χ4v) is 4.46. The number of amides is 1. The molecule has 1 aromatic rings. The molecule has 5 nitrogen and oxygen atoms in total. The van der Waals surface area contributed by atoms with Gasteiger partial charge in [0.1, 0.15) is 0 Å². The van der Waals surface area contributed by atoms with Crippen LogP contribution in [0.25, 0.3) is 0 Å². The summed E-state index contributed by atoms with van der Waals surface area (Å²) in [5.41, 5.74) is 0.896. The lowest BCUT2D eigenvalue weighted by Gasteiger charge is -2.35. The highest BCUT2D eigenvalue weighted by molar-refractivity contribution is 9.10. The van der Waals surface area contributed by atoms with Gasteiger partial charge in [-0.1, -0.05) is 15.9 Å². The van der Waals surface area contributed by atoms with Crippen molar-refractivity contribution in [2.24, 2.45) is 0 Å². The van der Waals surface area contributed by atoms with Gasteiger partial charge < -0.3 is 4.90 Å². The maximum Gasteiger partial charge on any atom is 0.243 e. The maximum atomic E-state index is 12.7. The number of sulfonamides is 1. The number of hydrogen-bond donors (Lipinski definition) is 0. The van der Waals surface area contributed by atoms with Crippen LogP contribution in [0.1, 0.15) is 25.3 Å². The molecule has 1 heterocycles. The molecule has 122 valence electrons. The van der Waals surface area contributed by atoms with Crippen molar-refractivity contribution in [1.82, 2.24) is 9.21 Å². The summed E-state index contributed by atoms with van der Waals surface area (Å²) in [6.45, 7) is 4.30. The zero-order valence-corrected chi connectivity index (χ0v) is 15.4. The summed E-state index contributed by atoms with van der Waals surface area (Å²) >= 11 is 3.38. The molecule has 0 unspecified atom stereocenters. The van der Waals surface area contributed by atoms with Crippen LogP contribution in [0.15, 0.2) is 27.6 Å². The predicted molar refractivity (Wildman–Crippen MR) is 89.1 cm³/mol. The van der Waals surface area contributed by atoms with Crippen molar-refractivity contribution < 1.29 is 13.2 Å². The van der Waals surface area contributed by atoms with Gasteiger partial charge in [-0.05, 0) is 43.5 Å². The minimum Gasteiger partial charge on any atom is -0.343 e. The Bertz CT molecular complexity index is 667. The summed E-state index contributed by atoms with van der Waals surface area (Å²) in [4.78, 5) is 13.4. The lowest BCUT2D eigenvalue weighted by atomic mass is 10.1. The second kappa shape index (κ2) is 6.68. The van der Waals surface area contributed by atoms with Gasteiger partial charge in [0, 0.05) is 37.6 Å². The summed E-state index contributed by atoms with van der Waals surface area (Å²) < 4.78 is 27.8. The Morgan fingerprint density at radius 1 is 1.32 bits per heavy atom. The third-order valence-electron chi connectivity index (χ3n) is 4.24. The molecule has 0 spiro atoms. The van der Waals surface area contributed by atoms with Gasteiger partial charge in [0.2, 0.25) is 15.9 Å². The van der Waals surface area contributed by atoms with E-state index in [2.05, 4.69) is 15.9 Å². The van der Waals surface area contributed by atoms with Gasteiger partial charge in [-0.3, -0.25) is 4.79 Å². The molecule has 0 aliphatic carbocycles. The van der Waals surface area contributed by atoms with E-state index in [4.69, 9.17) is 0 Å². The van der Waals surface area contributed by atoms with Crippen LogP contribution >= 0.6 is 15.9 Å². The van der Waals surface area contributed by atoms with Crippen LogP contribution in [0.5, 0.6) is 0 Å². The van der Waals surface area contributed by atoms with Crippen LogP contribution in [0, 0.1) is 6.92 Å². The molecule has 1 aliphatic rings. The molecule has 0 radical (unpaired) electrons. The number of aryl methyl sites for hydroxylation is 1.